The Morgan fingerprint density at radius 3 is 2.38 bits per heavy atom. The van der Waals surface area contributed by atoms with Crippen LogP contribution in [0.25, 0.3) is 0 Å². The van der Waals surface area contributed by atoms with Gasteiger partial charge in [0.15, 0.2) is 0 Å². The van der Waals surface area contributed by atoms with Gasteiger partial charge in [-0.1, -0.05) is 40.9 Å². The highest BCUT2D eigenvalue weighted by Gasteiger charge is 2.47. The van der Waals surface area contributed by atoms with E-state index in [1.807, 2.05) is 24.3 Å². The van der Waals surface area contributed by atoms with Gasteiger partial charge in [-0.25, -0.2) is 0 Å². The molecule has 1 aliphatic rings. The van der Waals surface area contributed by atoms with Crippen LogP contribution in [0.4, 0.5) is 13.2 Å². The quantitative estimate of drug-likeness (QED) is 0.797. The van der Waals surface area contributed by atoms with Crippen LogP contribution in [0.2, 0.25) is 0 Å². The van der Waals surface area contributed by atoms with Gasteiger partial charge >= 0.3 is 6.18 Å². The summed E-state index contributed by atoms with van der Waals surface area (Å²) in [7, 11) is 1.77. The molecule has 3 atom stereocenters. The first-order chi connectivity index (χ1) is 9.91. The maximum absolute atomic E-state index is 13.2. The molecule has 2 rings (SSSR count). The first-order valence-corrected chi connectivity index (χ1v) is 8.19. The van der Waals surface area contributed by atoms with Gasteiger partial charge in [0, 0.05) is 10.5 Å². The molecule has 0 radical (unpaired) electrons. The van der Waals surface area contributed by atoms with Crippen molar-refractivity contribution >= 4 is 15.9 Å². The van der Waals surface area contributed by atoms with Gasteiger partial charge in [0.05, 0.1) is 5.92 Å². The lowest BCUT2D eigenvalue weighted by atomic mass is 9.73. The molecule has 5 heteroatoms. The van der Waals surface area contributed by atoms with E-state index in [1.165, 1.54) is 0 Å². The van der Waals surface area contributed by atoms with Crippen LogP contribution in [0.3, 0.4) is 0 Å². The van der Waals surface area contributed by atoms with Gasteiger partial charge in [-0.15, -0.1) is 0 Å². The maximum atomic E-state index is 13.2. The summed E-state index contributed by atoms with van der Waals surface area (Å²) in [6, 6.07) is 7.69. The molecule has 1 N–H and O–H groups in total. The molecule has 0 amide bonds. The molecule has 21 heavy (non-hydrogen) atoms. The van der Waals surface area contributed by atoms with Crippen LogP contribution in [-0.4, -0.2) is 19.3 Å². The first kappa shape index (κ1) is 16.8. The number of alkyl halides is 3. The van der Waals surface area contributed by atoms with E-state index in [1.54, 1.807) is 7.05 Å². The standard InChI is InChI=1S/C16H21BrF3N/c1-21-15(10-11-6-8-12(17)9-7-11)13-4-2-3-5-14(13)16(18,19)20/h6-9,13-15,21H,2-5,10H2,1H3. The molecule has 1 aromatic carbocycles. The summed E-state index contributed by atoms with van der Waals surface area (Å²) in [4.78, 5) is 0. The molecule has 0 saturated heterocycles. The third-order valence-corrected chi connectivity index (χ3v) is 5.03. The topological polar surface area (TPSA) is 12.0 Å². The third-order valence-electron chi connectivity index (χ3n) is 4.50. The number of nitrogens with one attached hydrogen (secondary N) is 1. The second kappa shape index (κ2) is 7.14. The summed E-state index contributed by atoms with van der Waals surface area (Å²) < 4.78 is 40.7. The van der Waals surface area contributed by atoms with Crippen molar-refractivity contribution in [3.05, 3.63) is 34.3 Å². The zero-order valence-electron chi connectivity index (χ0n) is 12.1. The van der Waals surface area contributed by atoms with E-state index >= 15 is 0 Å². The lowest BCUT2D eigenvalue weighted by Crippen LogP contribution is -2.45. The zero-order chi connectivity index (χ0) is 15.5. The Balaban J connectivity index is 2.12. The Morgan fingerprint density at radius 2 is 1.81 bits per heavy atom. The van der Waals surface area contributed by atoms with Gasteiger partial charge in [0.2, 0.25) is 0 Å². The lowest BCUT2D eigenvalue weighted by Gasteiger charge is -2.38. The number of hydrogen-bond acceptors (Lipinski definition) is 1. The largest absolute Gasteiger partial charge is 0.392 e. The molecule has 1 nitrogen and oxygen atoms in total. The van der Waals surface area contributed by atoms with Gasteiger partial charge in [0.25, 0.3) is 0 Å². The molecule has 1 fully saturated rings. The fourth-order valence-electron chi connectivity index (χ4n) is 3.39. The van der Waals surface area contributed by atoms with Crippen LogP contribution < -0.4 is 5.32 Å². The van der Waals surface area contributed by atoms with E-state index in [4.69, 9.17) is 0 Å². The molecule has 1 saturated carbocycles. The van der Waals surface area contributed by atoms with Gasteiger partial charge < -0.3 is 5.32 Å². The Hall–Kier alpha value is -0.550. The van der Waals surface area contributed by atoms with Crippen LogP contribution >= 0.6 is 15.9 Å². The van der Waals surface area contributed by atoms with Crippen molar-refractivity contribution in [1.29, 1.82) is 0 Å². The highest BCUT2D eigenvalue weighted by atomic mass is 79.9. The number of rotatable bonds is 4. The van der Waals surface area contributed by atoms with Crippen molar-refractivity contribution in [2.45, 2.75) is 44.3 Å². The molecule has 3 unspecified atom stereocenters. The average molecular weight is 364 g/mol. The van der Waals surface area contributed by atoms with Crippen molar-refractivity contribution in [2.24, 2.45) is 11.8 Å². The second-order valence-electron chi connectivity index (χ2n) is 5.82. The molecular weight excluding hydrogens is 343 g/mol. The molecule has 118 valence electrons. The maximum Gasteiger partial charge on any atom is 0.392 e. The summed E-state index contributed by atoms with van der Waals surface area (Å²) >= 11 is 3.38. The lowest BCUT2D eigenvalue weighted by molar-refractivity contribution is -0.199. The van der Waals surface area contributed by atoms with Crippen molar-refractivity contribution in [1.82, 2.24) is 5.32 Å². The fourth-order valence-corrected chi connectivity index (χ4v) is 3.65. The van der Waals surface area contributed by atoms with Crippen LogP contribution in [0.1, 0.15) is 31.2 Å². The van der Waals surface area contributed by atoms with Crippen LogP contribution in [0, 0.1) is 11.8 Å². The molecular formula is C16H21BrF3N. The minimum atomic E-state index is -4.08. The molecule has 0 heterocycles. The van der Waals surface area contributed by atoms with Gasteiger partial charge in [-0.3, -0.25) is 0 Å². The molecule has 1 aliphatic carbocycles. The summed E-state index contributed by atoms with van der Waals surface area (Å²) in [5, 5.41) is 3.13. The summed E-state index contributed by atoms with van der Waals surface area (Å²) in [6.07, 6.45) is -0.926. The normalized spacial score (nSPS) is 24.8. The van der Waals surface area contributed by atoms with Crippen molar-refractivity contribution in [3.63, 3.8) is 0 Å². The molecule has 0 spiro atoms. The average Bonchev–Trinajstić information content (AvgIpc) is 2.46. The van der Waals surface area contributed by atoms with Crippen LogP contribution in [-0.2, 0) is 6.42 Å². The minimum Gasteiger partial charge on any atom is -0.316 e. The Kier molecular flexibility index (Phi) is 5.72. The SMILES string of the molecule is CNC(Cc1ccc(Br)cc1)C1CCCCC1C(F)(F)F. The predicted molar refractivity (Wildman–Crippen MR) is 82.2 cm³/mol. The summed E-state index contributed by atoms with van der Waals surface area (Å²) in [5.41, 5.74) is 1.07. The fraction of sp³-hybridized carbons (Fsp3) is 0.625. The number of likely N-dealkylation sites (N-methyl/N-ethyl adjacent to an activating group) is 1. The molecule has 0 aliphatic heterocycles. The number of hydrogen-bond donors (Lipinski definition) is 1. The monoisotopic (exact) mass is 363 g/mol. The Bertz CT molecular complexity index is 444. The van der Waals surface area contributed by atoms with Gasteiger partial charge in [0.1, 0.15) is 0 Å². The van der Waals surface area contributed by atoms with Crippen LogP contribution in [0.15, 0.2) is 28.7 Å². The minimum absolute atomic E-state index is 0.127. The second-order valence-corrected chi connectivity index (χ2v) is 6.74. The predicted octanol–water partition coefficient (Wildman–Crippen LogP) is 4.95. The van der Waals surface area contributed by atoms with Crippen molar-refractivity contribution in [2.75, 3.05) is 7.05 Å². The molecule has 0 bridgehead atoms. The van der Waals surface area contributed by atoms with E-state index in [-0.39, 0.29) is 18.4 Å². The smallest absolute Gasteiger partial charge is 0.316 e. The number of halogens is 4. The van der Waals surface area contributed by atoms with E-state index < -0.39 is 12.1 Å². The number of benzene rings is 1. The Morgan fingerprint density at radius 1 is 1.19 bits per heavy atom. The summed E-state index contributed by atoms with van der Waals surface area (Å²) in [5.74, 6) is -1.49. The first-order valence-electron chi connectivity index (χ1n) is 7.40. The zero-order valence-corrected chi connectivity index (χ0v) is 13.7. The van der Waals surface area contributed by atoms with Gasteiger partial charge in [-0.05, 0) is 49.9 Å². The van der Waals surface area contributed by atoms with E-state index in [2.05, 4.69) is 21.2 Å². The Labute approximate surface area is 132 Å². The van der Waals surface area contributed by atoms with Crippen molar-refractivity contribution < 1.29 is 13.2 Å². The van der Waals surface area contributed by atoms with Crippen LogP contribution in [0.5, 0.6) is 0 Å². The van der Waals surface area contributed by atoms with E-state index in [0.29, 0.717) is 19.3 Å². The highest BCUT2D eigenvalue weighted by Crippen LogP contribution is 2.43. The van der Waals surface area contributed by atoms with E-state index in [9.17, 15) is 13.2 Å². The van der Waals surface area contributed by atoms with Crippen molar-refractivity contribution in [3.8, 4) is 0 Å². The third kappa shape index (κ3) is 4.46. The summed E-state index contributed by atoms with van der Waals surface area (Å²) in [6.45, 7) is 0. The molecule has 1 aromatic rings. The molecule has 0 aromatic heterocycles. The van der Waals surface area contributed by atoms with E-state index in [0.717, 1.165) is 16.5 Å². The highest BCUT2D eigenvalue weighted by molar-refractivity contribution is 9.10. The van der Waals surface area contributed by atoms with Gasteiger partial charge in [-0.2, -0.15) is 13.2 Å².